The third-order valence-electron chi connectivity index (χ3n) is 3.80. The fourth-order valence-electron chi connectivity index (χ4n) is 2.51. The number of benzene rings is 2. The second kappa shape index (κ2) is 6.66. The number of hydrogen-bond acceptors (Lipinski definition) is 4. The van der Waals surface area contributed by atoms with E-state index < -0.39 is 10.0 Å². The molecule has 0 atom stereocenters. The summed E-state index contributed by atoms with van der Waals surface area (Å²) in [6.07, 6.45) is 1.67. The molecule has 0 bridgehead atoms. The van der Waals surface area contributed by atoms with Gasteiger partial charge in [-0.05, 0) is 42.8 Å². The van der Waals surface area contributed by atoms with Gasteiger partial charge in [-0.15, -0.1) is 0 Å². The Hall–Kier alpha value is -2.71. The Bertz CT molecular complexity index is 1040. The van der Waals surface area contributed by atoms with Gasteiger partial charge in [-0.3, -0.25) is 9.89 Å². The quantitative estimate of drug-likeness (QED) is 0.651. The lowest BCUT2D eigenvalue weighted by atomic mass is 10.1. The normalized spacial score (nSPS) is 11.6. The number of carbonyl (C=O) groups excluding carboxylic acids is 1. The van der Waals surface area contributed by atoms with Crippen molar-refractivity contribution in [3.8, 4) is 0 Å². The molecule has 0 spiro atoms. The third-order valence-corrected chi connectivity index (χ3v) is 5.34. The van der Waals surface area contributed by atoms with Gasteiger partial charge in [-0.1, -0.05) is 13.0 Å². The predicted octanol–water partition coefficient (Wildman–Crippen LogP) is 2.42. The minimum Gasteiger partial charge on any atom is -0.322 e. The molecular weight excluding hydrogens is 340 g/mol. The summed E-state index contributed by atoms with van der Waals surface area (Å²) in [4.78, 5) is 12.7. The number of hydrogen-bond donors (Lipinski definition) is 3. The van der Waals surface area contributed by atoms with E-state index in [-0.39, 0.29) is 17.3 Å². The highest BCUT2D eigenvalue weighted by Crippen LogP contribution is 2.20. The number of carbonyl (C=O) groups is 1. The highest BCUT2D eigenvalue weighted by molar-refractivity contribution is 7.89. The van der Waals surface area contributed by atoms with Crippen LogP contribution in [0.1, 0.15) is 22.8 Å². The number of amides is 1. The summed E-state index contributed by atoms with van der Waals surface area (Å²) in [6, 6.07) is 9.87. The predicted molar refractivity (Wildman–Crippen MR) is 96.1 cm³/mol. The molecule has 3 aromatic rings. The molecule has 0 saturated carbocycles. The van der Waals surface area contributed by atoms with Crippen LogP contribution in [0.2, 0.25) is 0 Å². The van der Waals surface area contributed by atoms with Crippen LogP contribution in [0.3, 0.4) is 0 Å². The van der Waals surface area contributed by atoms with E-state index in [0.717, 1.165) is 10.9 Å². The van der Waals surface area contributed by atoms with Crippen molar-refractivity contribution >= 4 is 32.5 Å². The lowest BCUT2D eigenvalue weighted by Crippen LogP contribution is -2.24. The number of rotatable bonds is 5. The minimum atomic E-state index is -3.62. The van der Waals surface area contributed by atoms with Crippen LogP contribution < -0.4 is 10.0 Å². The van der Waals surface area contributed by atoms with Crippen LogP contribution in [0.15, 0.2) is 47.5 Å². The van der Waals surface area contributed by atoms with Gasteiger partial charge in [0.15, 0.2) is 0 Å². The molecule has 0 radical (unpaired) electrons. The molecule has 0 unspecified atom stereocenters. The molecule has 0 aliphatic rings. The van der Waals surface area contributed by atoms with Crippen molar-refractivity contribution in [2.45, 2.75) is 18.7 Å². The van der Waals surface area contributed by atoms with Crippen LogP contribution in [0.25, 0.3) is 10.9 Å². The Balaban J connectivity index is 1.90. The summed E-state index contributed by atoms with van der Waals surface area (Å²) in [5.41, 5.74) is 2.48. The molecule has 2 aromatic carbocycles. The van der Waals surface area contributed by atoms with Crippen LogP contribution in [-0.4, -0.2) is 31.1 Å². The van der Waals surface area contributed by atoms with Crippen molar-refractivity contribution in [3.63, 3.8) is 0 Å². The number of aromatic nitrogens is 2. The average Bonchev–Trinajstić information content (AvgIpc) is 3.02. The molecule has 25 heavy (non-hydrogen) atoms. The number of sulfonamides is 1. The van der Waals surface area contributed by atoms with Gasteiger partial charge in [0.05, 0.1) is 16.6 Å². The fourth-order valence-corrected chi connectivity index (χ4v) is 3.57. The maximum Gasteiger partial charge on any atom is 0.255 e. The first-order valence-electron chi connectivity index (χ1n) is 7.75. The van der Waals surface area contributed by atoms with Crippen molar-refractivity contribution in [1.29, 1.82) is 0 Å². The van der Waals surface area contributed by atoms with Gasteiger partial charge in [0.2, 0.25) is 10.0 Å². The first kappa shape index (κ1) is 17.1. The maximum absolute atomic E-state index is 12.6. The van der Waals surface area contributed by atoms with Crippen molar-refractivity contribution in [3.05, 3.63) is 53.7 Å². The fraction of sp³-hybridized carbons (Fsp3) is 0.176. The van der Waals surface area contributed by atoms with Crippen molar-refractivity contribution < 1.29 is 13.2 Å². The second-order valence-electron chi connectivity index (χ2n) is 5.60. The van der Waals surface area contributed by atoms with E-state index in [1.54, 1.807) is 38.2 Å². The van der Waals surface area contributed by atoms with Crippen LogP contribution >= 0.6 is 0 Å². The van der Waals surface area contributed by atoms with E-state index in [4.69, 9.17) is 0 Å². The Morgan fingerprint density at radius 2 is 2.00 bits per heavy atom. The SMILES string of the molecule is CCNS(=O)(=O)c1ccc(C)c(C(=O)Nc2ccc3[nH]ncc3c2)c1. The molecule has 7 nitrogen and oxygen atoms in total. The first-order valence-corrected chi connectivity index (χ1v) is 9.24. The molecule has 0 fully saturated rings. The van der Waals surface area contributed by atoms with Crippen LogP contribution in [0.4, 0.5) is 5.69 Å². The number of aryl methyl sites for hydroxylation is 1. The minimum absolute atomic E-state index is 0.0652. The molecule has 0 aliphatic heterocycles. The topological polar surface area (TPSA) is 104 Å². The van der Waals surface area contributed by atoms with Gasteiger partial charge in [-0.25, -0.2) is 13.1 Å². The standard InChI is InChI=1S/C17H18N4O3S/c1-3-19-25(23,24)14-6-4-11(2)15(9-14)17(22)20-13-5-7-16-12(8-13)10-18-21-16/h4-10,19H,3H2,1-2H3,(H,18,21)(H,20,22). The molecule has 8 heteroatoms. The van der Waals surface area contributed by atoms with Crippen molar-refractivity contribution in [2.75, 3.05) is 11.9 Å². The zero-order chi connectivity index (χ0) is 18.0. The van der Waals surface area contributed by atoms with E-state index in [1.165, 1.54) is 12.1 Å². The lowest BCUT2D eigenvalue weighted by molar-refractivity contribution is 0.102. The molecule has 3 N–H and O–H groups in total. The van der Waals surface area contributed by atoms with Crippen molar-refractivity contribution in [1.82, 2.24) is 14.9 Å². The molecule has 1 heterocycles. The zero-order valence-corrected chi connectivity index (χ0v) is 14.6. The number of nitrogens with zero attached hydrogens (tertiary/aromatic N) is 1. The van der Waals surface area contributed by atoms with Gasteiger partial charge in [0, 0.05) is 23.2 Å². The first-order chi connectivity index (χ1) is 11.9. The van der Waals surface area contributed by atoms with Crippen LogP contribution in [-0.2, 0) is 10.0 Å². The smallest absolute Gasteiger partial charge is 0.255 e. The zero-order valence-electron chi connectivity index (χ0n) is 13.8. The summed E-state index contributed by atoms with van der Waals surface area (Å²) in [7, 11) is -3.62. The maximum atomic E-state index is 12.6. The number of nitrogens with one attached hydrogen (secondary N) is 3. The number of aromatic amines is 1. The van der Waals surface area contributed by atoms with Crippen molar-refractivity contribution in [2.24, 2.45) is 0 Å². The highest BCUT2D eigenvalue weighted by atomic mass is 32.2. The Morgan fingerprint density at radius 3 is 2.76 bits per heavy atom. The summed E-state index contributed by atoms with van der Waals surface area (Å²) in [5.74, 6) is -0.367. The summed E-state index contributed by atoms with van der Waals surface area (Å²) >= 11 is 0. The average molecular weight is 358 g/mol. The van der Waals surface area contributed by atoms with Gasteiger partial charge < -0.3 is 5.32 Å². The molecule has 130 valence electrons. The van der Waals surface area contributed by atoms with E-state index in [0.29, 0.717) is 16.8 Å². The molecule has 1 amide bonds. The summed E-state index contributed by atoms with van der Waals surface area (Å²) in [5, 5.41) is 10.4. The molecular formula is C17H18N4O3S. The van der Waals surface area contributed by atoms with Crippen LogP contribution in [0.5, 0.6) is 0 Å². The van der Waals surface area contributed by atoms with E-state index in [9.17, 15) is 13.2 Å². The van der Waals surface area contributed by atoms with Gasteiger partial charge in [0.25, 0.3) is 5.91 Å². The Kier molecular flexibility index (Phi) is 4.56. The lowest BCUT2D eigenvalue weighted by Gasteiger charge is -2.11. The third kappa shape index (κ3) is 3.54. The summed E-state index contributed by atoms with van der Waals surface area (Å²) < 4.78 is 26.7. The Labute approximate surface area is 145 Å². The van der Waals surface area contributed by atoms with E-state index >= 15 is 0 Å². The number of fused-ring (bicyclic) bond motifs is 1. The van der Waals surface area contributed by atoms with Crippen LogP contribution in [0, 0.1) is 6.92 Å². The van der Waals surface area contributed by atoms with Gasteiger partial charge >= 0.3 is 0 Å². The van der Waals surface area contributed by atoms with Gasteiger partial charge in [0.1, 0.15) is 0 Å². The molecule has 3 rings (SSSR count). The van der Waals surface area contributed by atoms with E-state index in [1.807, 2.05) is 6.07 Å². The molecule has 0 aliphatic carbocycles. The highest BCUT2D eigenvalue weighted by Gasteiger charge is 2.17. The molecule has 0 saturated heterocycles. The molecule has 1 aromatic heterocycles. The number of H-pyrrole nitrogens is 1. The Morgan fingerprint density at radius 1 is 1.20 bits per heavy atom. The summed E-state index contributed by atoms with van der Waals surface area (Å²) in [6.45, 7) is 3.74. The second-order valence-corrected chi connectivity index (χ2v) is 7.37. The monoisotopic (exact) mass is 358 g/mol. The number of anilines is 1. The van der Waals surface area contributed by atoms with Gasteiger partial charge in [-0.2, -0.15) is 5.10 Å². The van der Waals surface area contributed by atoms with E-state index in [2.05, 4.69) is 20.2 Å². The largest absolute Gasteiger partial charge is 0.322 e.